The minimum atomic E-state index is -1.71. The van der Waals surface area contributed by atoms with E-state index in [9.17, 15) is 40.5 Å². The van der Waals surface area contributed by atoms with E-state index in [2.05, 4.69) is 38.2 Å². The molecule has 0 aliphatic carbocycles. The summed E-state index contributed by atoms with van der Waals surface area (Å²) >= 11 is 0. The van der Waals surface area contributed by atoms with Crippen LogP contribution in [0, 0.1) is 0 Å². The lowest BCUT2D eigenvalue weighted by molar-refractivity contribution is -0.332. The highest BCUT2D eigenvalue weighted by Gasteiger charge is 2.47. The fourth-order valence-electron chi connectivity index (χ4n) is 8.69. The molecule has 14 heteroatoms. The maximum Gasteiger partial charge on any atom is 0.306 e. The van der Waals surface area contributed by atoms with Crippen molar-refractivity contribution in [3.8, 4) is 0 Å². The number of carbonyl (C=O) groups is 1. The zero-order chi connectivity index (χ0) is 49.5. The summed E-state index contributed by atoms with van der Waals surface area (Å²) in [6.45, 7) is 3.63. The lowest BCUT2D eigenvalue weighted by Crippen LogP contribution is -2.61. The Kier molecular flexibility index (Phi) is 38.7. The molecule has 0 aromatic rings. The lowest BCUT2D eigenvalue weighted by Gasteiger charge is -2.42. The highest BCUT2D eigenvalue weighted by Crippen LogP contribution is 2.26. The summed E-state index contributed by atoms with van der Waals surface area (Å²) in [6.07, 6.45) is 29.8. The molecule has 68 heavy (non-hydrogen) atoms. The van der Waals surface area contributed by atoms with Crippen LogP contribution in [-0.4, -0.2) is 142 Å². The van der Waals surface area contributed by atoms with Crippen LogP contribution in [0.4, 0.5) is 0 Å². The van der Waals surface area contributed by atoms with Gasteiger partial charge in [-0.05, 0) is 57.8 Å². The number of aliphatic hydroxyl groups is 7. The van der Waals surface area contributed by atoms with Crippen LogP contribution in [0.3, 0.4) is 0 Å². The molecule has 0 bridgehead atoms. The summed E-state index contributed by atoms with van der Waals surface area (Å²) in [6, 6.07) is 0. The van der Waals surface area contributed by atoms with Gasteiger partial charge in [0.2, 0.25) is 0 Å². The Hall–Kier alpha value is -1.53. The number of rotatable bonds is 44. The largest absolute Gasteiger partial charge is 0.457 e. The van der Waals surface area contributed by atoms with Gasteiger partial charge in [0.15, 0.2) is 12.6 Å². The van der Waals surface area contributed by atoms with Crippen molar-refractivity contribution in [1.29, 1.82) is 0 Å². The molecule has 0 aromatic carbocycles. The maximum absolute atomic E-state index is 13.0. The molecule has 0 amide bonds. The Bertz CT molecular complexity index is 1220. The summed E-state index contributed by atoms with van der Waals surface area (Å²) in [5.74, 6) is -0.386. The van der Waals surface area contributed by atoms with Crippen molar-refractivity contribution >= 4 is 5.97 Å². The molecule has 2 aliphatic heterocycles. The van der Waals surface area contributed by atoms with Gasteiger partial charge in [-0.15, -0.1) is 0 Å². The van der Waals surface area contributed by atoms with Crippen molar-refractivity contribution in [1.82, 2.24) is 0 Å². The Morgan fingerprint density at radius 1 is 0.471 bits per heavy atom. The second kappa shape index (κ2) is 42.0. The number of aliphatic hydroxyl groups excluding tert-OH is 7. The number of allylic oxidation sites excluding steroid dienone is 4. The molecular weight excluding hydrogens is 873 g/mol. The Morgan fingerprint density at radius 3 is 1.40 bits per heavy atom. The van der Waals surface area contributed by atoms with Crippen LogP contribution in [0.1, 0.15) is 213 Å². The van der Waals surface area contributed by atoms with Gasteiger partial charge in [0.1, 0.15) is 54.9 Å². The minimum Gasteiger partial charge on any atom is -0.457 e. The van der Waals surface area contributed by atoms with Crippen molar-refractivity contribution < 1.29 is 69.0 Å². The van der Waals surface area contributed by atoms with Crippen LogP contribution < -0.4 is 0 Å². The first-order valence-electron chi connectivity index (χ1n) is 27.4. The molecule has 2 saturated heterocycles. The molecule has 2 rings (SSSR count). The zero-order valence-corrected chi connectivity index (χ0v) is 42.6. The molecule has 2 fully saturated rings. The number of hydrogen-bond acceptors (Lipinski definition) is 14. The van der Waals surface area contributed by atoms with Crippen LogP contribution in [0.15, 0.2) is 24.3 Å². The Morgan fingerprint density at radius 2 is 0.897 bits per heavy atom. The van der Waals surface area contributed by atoms with Crippen molar-refractivity contribution in [2.75, 3.05) is 33.0 Å². The fourth-order valence-corrected chi connectivity index (χ4v) is 8.69. The number of hydrogen-bond donors (Lipinski definition) is 7. The lowest BCUT2D eigenvalue weighted by atomic mass is 9.98. The first-order valence-corrected chi connectivity index (χ1v) is 27.4. The second-order valence-corrected chi connectivity index (χ2v) is 19.4. The normalized spacial score (nSPS) is 26.0. The molecular formula is C54H100O14. The van der Waals surface area contributed by atoms with Gasteiger partial charge in [-0.25, -0.2) is 0 Å². The van der Waals surface area contributed by atoms with Gasteiger partial charge in [0, 0.05) is 13.0 Å². The zero-order valence-electron chi connectivity index (χ0n) is 42.6. The smallest absolute Gasteiger partial charge is 0.306 e. The van der Waals surface area contributed by atoms with Gasteiger partial charge < -0.3 is 64.2 Å². The third-order valence-corrected chi connectivity index (χ3v) is 13.2. The van der Waals surface area contributed by atoms with Gasteiger partial charge in [0.05, 0.1) is 26.4 Å². The highest BCUT2D eigenvalue weighted by atomic mass is 16.7. The quantitative estimate of drug-likeness (QED) is 0.0173. The van der Waals surface area contributed by atoms with E-state index >= 15 is 0 Å². The van der Waals surface area contributed by atoms with E-state index in [0.29, 0.717) is 13.0 Å². The average Bonchev–Trinajstić information content (AvgIpc) is 3.33. The van der Waals surface area contributed by atoms with Gasteiger partial charge in [0.25, 0.3) is 0 Å². The van der Waals surface area contributed by atoms with Gasteiger partial charge in [-0.2, -0.15) is 0 Å². The molecule has 400 valence electrons. The third-order valence-electron chi connectivity index (χ3n) is 13.2. The topological polar surface area (TPSA) is 214 Å². The molecule has 11 atom stereocenters. The highest BCUT2D eigenvalue weighted by molar-refractivity contribution is 5.69. The van der Waals surface area contributed by atoms with E-state index in [1.165, 1.54) is 122 Å². The summed E-state index contributed by atoms with van der Waals surface area (Å²) in [5, 5.41) is 72.1. The van der Waals surface area contributed by atoms with E-state index < -0.39 is 80.7 Å². The van der Waals surface area contributed by atoms with Crippen LogP contribution in [-0.2, 0) is 33.2 Å². The molecule has 0 aromatic heterocycles. The van der Waals surface area contributed by atoms with Crippen LogP contribution in [0.5, 0.6) is 0 Å². The standard InChI is InChI=1S/C54H100O14/c1-3-5-7-9-11-13-15-16-17-18-19-20-21-22-23-24-25-26-27-28-30-32-34-36-38-63-40-43(66-46(56)37-35-33-31-29-14-12-10-8-6-4-2)41-64-53-52(62)50(60)48(58)45(68-53)42-65-54-51(61)49(59)47(57)44(39-55)67-54/h8,10,18-19,43-45,47-55,57-62H,3-7,9,11-17,20-42H2,1-2H3/b10-8-,19-18-. The molecule has 14 nitrogen and oxygen atoms in total. The van der Waals surface area contributed by atoms with E-state index in [-0.39, 0.29) is 25.6 Å². The molecule has 0 spiro atoms. The number of unbranched alkanes of at least 4 members (excludes halogenated alkanes) is 26. The average molecular weight is 973 g/mol. The molecule has 2 heterocycles. The van der Waals surface area contributed by atoms with Crippen LogP contribution in [0.25, 0.3) is 0 Å². The number of carbonyl (C=O) groups excluding carboxylic acids is 1. The third kappa shape index (κ3) is 29.1. The SMILES string of the molecule is CCC/C=C\CCCCCCCC(=O)OC(COCCCCCCCCCCCCCC/C=C\CCCCCCCCCC)COC1OC(COC2OC(CO)C(O)C(O)C2O)C(O)C(O)C1O. The van der Waals surface area contributed by atoms with Gasteiger partial charge >= 0.3 is 5.97 Å². The molecule has 0 saturated carbocycles. The van der Waals surface area contributed by atoms with E-state index in [0.717, 1.165) is 64.2 Å². The molecule has 0 radical (unpaired) electrons. The van der Waals surface area contributed by atoms with Gasteiger partial charge in [-0.1, -0.05) is 173 Å². The van der Waals surface area contributed by atoms with Gasteiger partial charge in [-0.3, -0.25) is 4.79 Å². The van der Waals surface area contributed by atoms with Crippen molar-refractivity contribution in [3.63, 3.8) is 0 Å². The predicted molar refractivity (Wildman–Crippen MR) is 266 cm³/mol. The maximum atomic E-state index is 13.0. The first-order chi connectivity index (χ1) is 33.1. The van der Waals surface area contributed by atoms with Crippen molar-refractivity contribution in [3.05, 3.63) is 24.3 Å². The summed E-state index contributed by atoms with van der Waals surface area (Å²) in [4.78, 5) is 13.0. The van der Waals surface area contributed by atoms with Crippen LogP contribution in [0.2, 0.25) is 0 Å². The van der Waals surface area contributed by atoms with E-state index in [4.69, 9.17) is 28.4 Å². The number of esters is 1. The minimum absolute atomic E-state index is 0.0605. The summed E-state index contributed by atoms with van der Waals surface area (Å²) in [7, 11) is 0. The van der Waals surface area contributed by atoms with E-state index in [1.807, 2.05) is 0 Å². The second-order valence-electron chi connectivity index (χ2n) is 19.4. The Labute approximate surface area is 411 Å². The first kappa shape index (κ1) is 62.6. The van der Waals surface area contributed by atoms with E-state index in [1.54, 1.807) is 0 Å². The summed E-state index contributed by atoms with van der Waals surface area (Å²) in [5.41, 5.74) is 0. The molecule has 7 N–H and O–H groups in total. The molecule has 2 aliphatic rings. The molecule has 11 unspecified atom stereocenters. The monoisotopic (exact) mass is 973 g/mol. The van der Waals surface area contributed by atoms with Crippen molar-refractivity contribution in [2.45, 2.75) is 280 Å². The summed E-state index contributed by atoms with van der Waals surface area (Å²) < 4.78 is 34.3. The predicted octanol–water partition coefficient (Wildman–Crippen LogP) is 8.80. The Balaban J connectivity index is 1.67. The number of ether oxygens (including phenoxy) is 6. The van der Waals surface area contributed by atoms with Crippen molar-refractivity contribution in [2.24, 2.45) is 0 Å². The van der Waals surface area contributed by atoms with Crippen LogP contribution >= 0.6 is 0 Å². The fraction of sp³-hybridized carbons (Fsp3) is 0.907.